The topological polar surface area (TPSA) is 78.9 Å². The lowest BCUT2D eigenvalue weighted by atomic mass is 10.0. The van der Waals surface area contributed by atoms with Crippen LogP contribution in [0, 0.1) is 17.8 Å². The van der Waals surface area contributed by atoms with Gasteiger partial charge in [-0.2, -0.15) is 0 Å². The number of hydrogen-bond acceptors (Lipinski definition) is 6. The standard InChI is InChI=1S/C55H106O6/c1-49(2)41-35-29-23-19-15-11-8-7-9-13-18-22-26-34-40-46-55(58)61-52(48-60-54(57)45-39-33-28-27-31-37-43-51(5)6)47-59-53(56)44-38-32-25-21-17-14-10-12-16-20-24-30-36-42-50(3)4/h49-52H,7-48H2,1-6H3/t52-/m1/s1. The lowest BCUT2D eigenvalue weighted by molar-refractivity contribution is -0.167. The van der Waals surface area contributed by atoms with Crippen molar-refractivity contribution in [1.82, 2.24) is 0 Å². The van der Waals surface area contributed by atoms with Crippen molar-refractivity contribution in [1.29, 1.82) is 0 Å². The van der Waals surface area contributed by atoms with Crippen LogP contribution in [-0.4, -0.2) is 37.2 Å². The van der Waals surface area contributed by atoms with E-state index >= 15 is 0 Å². The Kier molecular flexibility index (Phi) is 45.2. The van der Waals surface area contributed by atoms with E-state index in [-0.39, 0.29) is 31.1 Å². The van der Waals surface area contributed by atoms with Crippen LogP contribution >= 0.6 is 0 Å². The minimum absolute atomic E-state index is 0.0649. The molecule has 0 aromatic heterocycles. The summed E-state index contributed by atoms with van der Waals surface area (Å²) in [6.07, 6.45) is 46.8. The van der Waals surface area contributed by atoms with Crippen LogP contribution in [0.25, 0.3) is 0 Å². The third kappa shape index (κ3) is 49.3. The zero-order valence-corrected chi connectivity index (χ0v) is 42.0. The monoisotopic (exact) mass is 863 g/mol. The predicted molar refractivity (Wildman–Crippen MR) is 261 cm³/mol. The molecule has 1 atom stereocenters. The van der Waals surface area contributed by atoms with Crippen LogP contribution in [-0.2, 0) is 28.6 Å². The van der Waals surface area contributed by atoms with Crippen LogP contribution in [0.2, 0.25) is 0 Å². The Balaban J connectivity index is 4.25. The molecule has 0 aliphatic carbocycles. The predicted octanol–water partition coefficient (Wildman–Crippen LogP) is 17.6. The lowest BCUT2D eigenvalue weighted by Crippen LogP contribution is -2.30. The van der Waals surface area contributed by atoms with Crippen molar-refractivity contribution in [2.75, 3.05) is 13.2 Å². The molecule has 0 aromatic carbocycles. The first-order valence-corrected chi connectivity index (χ1v) is 27.1. The number of carbonyl (C=O) groups is 3. The maximum absolute atomic E-state index is 12.8. The molecule has 0 bridgehead atoms. The maximum atomic E-state index is 12.8. The number of unbranched alkanes of at least 4 members (excludes halogenated alkanes) is 31. The first-order valence-electron chi connectivity index (χ1n) is 27.1. The molecule has 0 amide bonds. The fraction of sp³-hybridized carbons (Fsp3) is 0.945. The maximum Gasteiger partial charge on any atom is 0.306 e. The van der Waals surface area contributed by atoms with Crippen LogP contribution in [0.15, 0.2) is 0 Å². The summed E-state index contributed by atoms with van der Waals surface area (Å²) in [4.78, 5) is 38.0. The molecule has 6 heteroatoms. The third-order valence-electron chi connectivity index (χ3n) is 12.4. The van der Waals surface area contributed by atoms with Gasteiger partial charge in [-0.1, -0.05) is 260 Å². The van der Waals surface area contributed by atoms with E-state index in [9.17, 15) is 14.4 Å². The van der Waals surface area contributed by atoms with Gasteiger partial charge in [0, 0.05) is 19.3 Å². The molecule has 0 saturated carbocycles. The molecule has 0 aliphatic heterocycles. The zero-order chi connectivity index (χ0) is 44.9. The van der Waals surface area contributed by atoms with Gasteiger partial charge in [0.15, 0.2) is 6.10 Å². The summed E-state index contributed by atoms with van der Waals surface area (Å²) < 4.78 is 16.8. The van der Waals surface area contributed by atoms with Gasteiger partial charge in [0.25, 0.3) is 0 Å². The fourth-order valence-electron chi connectivity index (χ4n) is 8.29. The zero-order valence-electron chi connectivity index (χ0n) is 42.0. The summed E-state index contributed by atoms with van der Waals surface area (Å²) in [5, 5.41) is 0. The Bertz CT molecular complexity index is 945. The number of esters is 3. The van der Waals surface area contributed by atoms with E-state index < -0.39 is 6.10 Å². The number of hydrogen-bond donors (Lipinski definition) is 0. The van der Waals surface area contributed by atoms with Crippen LogP contribution < -0.4 is 0 Å². The van der Waals surface area contributed by atoms with Gasteiger partial charge in [-0.05, 0) is 37.0 Å². The highest BCUT2D eigenvalue weighted by molar-refractivity contribution is 5.71. The summed E-state index contributed by atoms with van der Waals surface area (Å²) in [6, 6.07) is 0. The molecule has 0 aliphatic rings. The molecule has 0 saturated heterocycles. The molecule has 0 aromatic rings. The van der Waals surface area contributed by atoms with Crippen LogP contribution in [0.5, 0.6) is 0 Å². The summed E-state index contributed by atoms with van der Waals surface area (Å²) in [6.45, 7) is 13.7. The van der Waals surface area contributed by atoms with Gasteiger partial charge in [-0.15, -0.1) is 0 Å². The second-order valence-corrected chi connectivity index (χ2v) is 20.3. The molecule has 0 heterocycles. The van der Waals surface area contributed by atoms with Gasteiger partial charge in [0.2, 0.25) is 0 Å². The summed E-state index contributed by atoms with van der Waals surface area (Å²) >= 11 is 0. The van der Waals surface area contributed by atoms with Gasteiger partial charge in [0.05, 0.1) is 0 Å². The average Bonchev–Trinajstić information content (AvgIpc) is 3.22. The molecule has 6 nitrogen and oxygen atoms in total. The summed E-state index contributed by atoms with van der Waals surface area (Å²) in [5.41, 5.74) is 0. The molecule has 0 fully saturated rings. The SMILES string of the molecule is CC(C)CCCCCCCCCCCCCCCCCC(=O)O[C@H](COC(=O)CCCCCCCCCCCCCCCC(C)C)COC(=O)CCCCCCCCC(C)C. The molecule has 61 heavy (non-hydrogen) atoms. The number of rotatable bonds is 48. The minimum atomic E-state index is -0.763. The lowest BCUT2D eigenvalue weighted by Gasteiger charge is -2.18. The smallest absolute Gasteiger partial charge is 0.306 e. The molecular formula is C55H106O6. The second-order valence-electron chi connectivity index (χ2n) is 20.3. The van der Waals surface area contributed by atoms with Crippen molar-refractivity contribution >= 4 is 17.9 Å². The van der Waals surface area contributed by atoms with Gasteiger partial charge >= 0.3 is 17.9 Å². The van der Waals surface area contributed by atoms with Crippen molar-refractivity contribution in [2.24, 2.45) is 17.8 Å². The fourth-order valence-corrected chi connectivity index (χ4v) is 8.29. The largest absolute Gasteiger partial charge is 0.462 e. The van der Waals surface area contributed by atoms with Crippen molar-refractivity contribution < 1.29 is 28.6 Å². The highest BCUT2D eigenvalue weighted by atomic mass is 16.6. The average molecular weight is 863 g/mol. The first-order chi connectivity index (χ1) is 29.6. The normalized spacial score (nSPS) is 12.1. The van der Waals surface area contributed by atoms with Gasteiger partial charge in [-0.3, -0.25) is 14.4 Å². The number of ether oxygens (including phenoxy) is 3. The molecule has 0 unspecified atom stereocenters. The van der Waals surface area contributed by atoms with E-state index in [2.05, 4.69) is 41.5 Å². The summed E-state index contributed by atoms with van der Waals surface area (Å²) in [7, 11) is 0. The molecule has 0 N–H and O–H groups in total. The Morgan fingerprint density at radius 3 is 0.705 bits per heavy atom. The van der Waals surface area contributed by atoms with Crippen molar-refractivity contribution in [3.8, 4) is 0 Å². The summed E-state index contributed by atoms with van der Waals surface area (Å²) in [5.74, 6) is 1.60. The van der Waals surface area contributed by atoms with Crippen molar-refractivity contribution in [3.05, 3.63) is 0 Å². The second kappa shape index (κ2) is 46.4. The van der Waals surface area contributed by atoms with Crippen molar-refractivity contribution in [3.63, 3.8) is 0 Å². The molecular weight excluding hydrogens is 757 g/mol. The Morgan fingerprint density at radius 1 is 0.279 bits per heavy atom. The molecule has 0 radical (unpaired) electrons. The third-order valence-corrected chi connectivity index (χ3v) is 12.4. The van der Waals surface area contributed by atoms with Gasteiger partial charge in [0.1, 0.15) is 13.2 Å². The highest BCUT2D eigenvalue weighted by Gasteiger charge is 2.19. The highest BCUT2D eigenvalue weighted by Crippen LogP contribution is 2.18. The van der Waals surface area contributed by atoms with E-state index in [0.29, 0.717) is 19.3 Å². The van der Waals surface area contributed by atoms with Gasteiger partial charge in [-0.25, -0.2) is 0 Å². The quantitative estimate of drug-likeness (QED) is 0.0344. The Hall–Kier alpha value is -1.59. The van der Waals surface area contributed by atoms with E-state index in [1.807, 2.05) is 0 Å². The molecule has 0 spiro atoms. The minimum Gasteiger partial charge on any atom is -0.462 e. The van der Waals surface area contributed by atoms with Crippen LogP contribution in [0.3, 0.4) is 0 Å². The molecule has 362 valence electrons. The van der Waals surface area contributed by atoms with E-state index in [1.54, 1.807) is 0 Å². The van der Waals surface area contributed by atoms with E-state index in [4.69, 9.17) is 14.2 Å². The Morgan fingerprint density at radius 2 is 0.475 bits per heavy atom. The van der Waals surface area contributed by atoms with E-state index in [1.165, 1.54) is 180 Å². The Labute approximate surface area is 380 Å². The van der Waals surface area contributed by atoms with E-state index in [0.717, 1.165) is 75.5 Å². The van der Waals surface area contributed by atoms with Crippen LogP contribution in [0.4, 0.5) is 0 Å². The first kappa shape index (κ1) is 59.4. The van der Waals surface area contributed by atoms with Crippen LogP contribution in [0.1, 0.15) is 298 Å². The van der Waals surface area contributed by atoms with Crippen molar-refractivity contribution in [2.45, 2.75) is 304 Å². The van der Waals surface area contributed by atoms with Gasteiger partial charge < -0.3 is 14.2 Å². The number of carbonyl (C=O) groups excluding carboxylic acids is 3. The molecule has 0 rings (SSSR count).